The van der Waals surface area contributed by atoms with Gasteiger partial charge in [0.1, 0.15) is 0 Å². The van der Waals surface area contributed by atoms with E-state index in [1.165, 1.54) is 5.56 Å². The normalized spacial score (nSPS) is 41.6. The van der Waals surface area contributed by atoms with E-state index in [2.05, 4.69) is 24.3 Å². The predicted molar refractivity (Wildman–Crippen MR) is 78.0 cm³/mol. The Balaban J connectivity index is 1.62. The van der Waals surface area contributed by atoms with Gasteiger partial charge in [-0.15, -0.1) is 0 Å². The van der Waals surface area contributed by atoms with Gasteiger partial charge in [0.15, 0.2) is 0 Å². The van der Waals surface area contributed by atoms with Crippen molar-refractivity contribution in [1.29, 1.82) is 0 Å². The van der Waals surface area contributed by atoms with Crippen LogP contribution in [0.3, 0.4) is 0 Å². The van der Waals surface area contributed by atoms with Crippen LogP contribution in [0.5, 0.6) is 0 Å². The molecule has 1 fully saturated rings. The Bertz CT molecular complexity index is 560. The molecule has 0 spiro atoms. The molecule has 0 radical (unpaired) electrons. The van der Waals surface area contributed by atoms with Crippen molar-refractivity contribution >= 4 is 0 Å². The molecule has 0 amide bonds. The van der Waals surface area contributed by atoms with E-state index in [0.717, 1.165) is 18.4 Å². The Morgan fingerprint density at radius 2 is 1.65 bits per heavy atom. The molecule has 4 rings (SSSR count). The standard InChI is InChI=1S/C18H20O2/c19-15-10-14(8-11-4-2-1-3-5-11)18(20)17-13-7-6-12(9-13)16(15)17/h1-7,10,12-13,15-20H,8-9H2/t12-,13+,15+,16+,17+,18-/m1/s1. The van der Waals surface area contributed by atoms with Crippen LogP contribution in [-0.4, -0.2) is 22.4 Å². The number of aliphatic hydroxyl groups is 2. The summed E-state index contributed by atoms with van der Waals surface area (Å²) in [6.07, 6.45) is 7.43. The first-order valence-corrected chi connectivity index (χ1v) is 7.53. The van der Waals surface area contributed by atoms with E-state index in [-0.39, 0.29) is 11.8 Å². The number of aliphatic hydroxyl groups excluding tert-OH is 2. The van der Waals surface area contributed by atoms with Gasteiger partial charge in [-0.05, 0) is 35.8 Å². The smallest absolute Gasteiger partial charge is 0.0792 e. The maximum Gasteiger partial charge on any atom is 0.0792 e. The summed E-state index contributed by atoms with van der Waals surface area (Å²) in [6.45, 7) is 0. The molecule has 2 bridgehead atoms. The van der Waals surface area contributed by atoms with Crippen LogP contribution in [0.4, 0.5) is 0 Å². The topological polar surface area (TPSA) is 40.5 Å². The number of rotatable bonds is 2. The predicted octanol–water partition coefficient (Wildman–Crippen LogP) is 2.33. The van der Waals surface area contributed by atoms with E-state index in [9.17, 15) is 10.2 Å². The lowest BCUT2D eigenvalue weighted by atomic mass is 9.70. The number of hydrogen-bond acceptors (Lipinski definition) is 2. The zero-order valence-corrected chi connectivity index (χ0v) is 11.4. The summed E-state index contributed by atoms with van der Waals surface area (Å²) >= 11 is 0. The van der Waals surface area contributed by atoms with E-state index >= 15 is 0 Å². The summed E-state index contributed by atoms with van der Waals surface area (Å²) in [5, 5.41) is 21.2. The molecular weight excluding hydrogens is 248 g/mol. The summed E-state index contributed by atoms with van der Waals surface area (Å²) in [7, 11) is 0. The lowest BCUT2D eigenvalue weighted by Crippen LogP contribution is -2.42. The second kappa shape index (κ2) is 4.57. The van der Waals surface area contributed by atoms with E-state index in [0.29, 0.717) is 11.8 Å². The van der Waals surface area contributed by atoms with Gasteiger partial charge in [-0.1, -0.05) is 48.6 Å². The number of allylic oxidation sites excluding steroid dienone is 2. The maximum absolute atomic E-state index is 10.7. The Morgan fingerprint density at radius 1 is 0.950 bits per heavy atom. The van der Waals surface area contributed by atoms with E-state index < -0.39 is 12.2 Å². The van der Waals surface area contributed by atoms with Gasteiger partial charge in [-0.2, -0.15) is 0 Å². The number of benzene rings is 1. The molecule has 0 heterocycles. The van der Waals surface area contributed by atoms with Crippen molar-refractivity contribution in [2.45, 2.75) is 25.0 Å². The van der Waals surface area contributed by atoms with Gasteiger partial charge < -0.3 is 10.2 Å². The molecule has 1 saturated carbocycles. The summed E-state index contributed by atoms with van der Waals surface area (Å²) in [5.41, 5.74) is 2.19. The van der Waals surface area contributed by atoms with Crippen molar-refractivity contribution in [3.63, 3.8) is 0 Å². The van der Waals surface area contributed by atoms with E-state index in [1.54, 1.807) is 0 Å². The lowest BCUT2D eigenvalue weighted by molar-refractivity contribution is 0.0192. The molecule has 6 atom stereocenters. The number of fused-ring (bicyclic) bond motifs is 5. The third kappa shape index (κ3) is 1.79. The molecule has 3 aliphatic rings. The maximum atomic E-state index is 10.7. The third-order valence-corrected chi connectivity index (χ3v) is 5.36. The Kier molecular flexibility index (Phi) is 2.83. The zero-order chi connectivity index (χ0) is 13.7. The van der Waals surface area contributed by atoms with Crippen LogP contribution in [0, 0.1) is 23.7 Å². The van der Waals surface area contributed by atoms with Gasteiger partial charge in [-0.3, -0.25) is 0 Å². The Labute approximate surface area is 119 Å². The highest BCUT2D eigenvalue weighted by molar-refractivity contribution is 5.31. The molecular formula is C18H20O2. The fourth-order valence-electron chi connectivity index (χ4n) is 4.50. The van der Waals surface area contributed by atoms with Crippen LogP contribution in [0.25, 0.3) is 0 Å². The molecule has 3 aliphatic carbocycles. The highest BCUT2D eigenvalue weighted by Gasteiger charge is 2.52. The fourth-order valence-corrected chi connectivity index (χ4v) is 4.50. The van der Waals surface area contributed by atoms with Crippen LogP contribution < -0.4 is 0 Å². The summed E-state index contributed by atoms with van der Waals surface area (Å²) in [5.74, 6) is 1.35. The van der Waals surface area contributed by atoms with Gasteiger partial charge in [0.25, 0.3) is 0 Å². The average Bonchev–Trinajstić information content (AvgIpc) is 3.06. The minimum absolute atomic E-state index is 0.212. The first kappa shape index (κ1) is 12.4. The molecule has 20 heavy (non-hydrogen) atoms. The van der Waals surface area contributed by atoms with Crippen LogP contribution in [0.15, 0.2) is 54.1 Å². The van der Waals surface area contributed by atoms with Gasteiger partial charge in [0.05, 0.1) is 12.2 Å². The summed E-state index contributed by atoms with van der Waals surface area (Å²) in [6, 6.07) is 10.2. The van der Waals surface area contributed by atoms with E-state index in [1.807, 2.05) is 24.3 Å². The molecule has 2 heteroatoms. The molecule has 0 aliphatic heterocycles. The monoisotopic (exact) mass is 268 g/mol. The highest BCUT2D eigenvalue weighted by atomic mass is 16.3. The minimum Gasteiger partial charge on any atom is -0.389 e. The molecule has 2 N–H and O–H groups in total. The van der Waals surface area contributed by atoms with Crippen molar-refractivity contribution < 1.29 is 10.2 Å². The first-order chi connectivity index (χ1) is 9.74. The van der Waals surface area contributed by atoms with Gasteiger partial charge >= 0.3 is 0 Å². The fraction of sp³-hybridized carbons (Fsp3) is 0.444. The van der Waals surface area contributed by atoms with Crippen molar-refractivity contribution in [3.8, 4) is 0 Å². The molecule has 0 unspecified atom stereocenters. The Morgan fingerprint density at radius 3 is 2.40 bits per heavy atom. The molecule has 0 saturated heterocycles. The molecule has 1 aromatic rings. The van der Waals surface area contributed by atoms with Crippen LogP contribution >= 0.6 is 0 Å². The molecule has 2 nitrogen and oxygen atoms in total. The zero-order valence-electron chi connectivity index (χ0n) is 11.4. The highest BCUT2D eigenvalue weighted by Crippen LogP contribution is 2.53. The quantitative estimate of drug-likeness (QED) is 0.808. The van der Waals surface area contributed by atoms with Crippen LogP contribution in [0.1, 0.15) is 12.0 Å². The van der Waals surface area contributed by atoms with Crippen LogP contribution in [-0.2, 0) is 6.42 Å². The summed E-state index contributed by atoms with van der Waals surface area (Å²) in [4.78, 5) is 0. The molecule has 104 valence electrons. The Hall–Kier alpha value is -1.38. The van der Waals surface area contributed by atoms with Crippen LogP contribution in [0.2, 0.25) is 0 Å². The van der Waals surface area contributed by atoms with Crippen molar-refractivity contribution in [3.05, 3.63) is 59.7 Å². The van der Waals surface area contributed by atoms with Gasteiger partial charge in [0.2, 0.25) is 0 Å². The second-order valence-electron chi connectivity index (χ2n) is 6.44. The summed E-state index contributed by atoms with van der Waals surface area (Å²) < 4.78 is 0. The molecule has 1 aromatic carbocycles. The van der Waals surface area contributed by atoms with Crippen molar-refractivity contribution in [2.24, 2.45) is 23.7 Å². The first-order valence-electron chi connectivity index (χ1n) is 7.53. The second-order valence-corrected chi connectivity index (χ2v) is 6.44. The lowest BCUT2D eigenvalue weighted by Gasteiger charge is -2.39. The van der Waals surface area contributed by atoms with Crippen molar-refractivity contribution in [2.75, 3.05) is 0 Å². The van der Waals surface area contributed by atoms with Gasteiger partial charge in [-0.25, -0.2) is 0 Å². The molecule has 0 aromatic heterocycles. The minimum atomic E-state index is -0.401. The SMILES string of the molecule is O[C@@H]1C(Cc2ccccc2)=C[C@H](O)[C@H]2[C@@H]1[C@H]1C=C[C@@H]2C1. The average molecular weight is 268 g/mol. The van der Waals surface area contributed by atoms with E-state index in [4.69, 9.17) is 0 Å². The third-order valence-electron chi connectivity index (χ3n) is 5.36. The largest absolute Gasteiger partial charge is 0.389 e. The number of hydrogen-bond donors (Lipinski definition) is 2. The van der Waals surface area contributed by atoms with Crippen molar-refractivity contribution in [1.82, 2.24) is 0 Å². The van der Waals surface area contributed by atoms with Gasteiger partial charge in [0, 0.05) is 11.8 Å².